The molecule has 7 nitrogen and oxygen atoms in total. The molecule has 0 fully saturated rings. The van der Waals surface area contributed by atoms with Crippen molar-refractivity contribution in [2.24, 2.45) is 0 Å². The van der Waals surface area contributed by atoms with Crippen molar-refractivity contribution in [2.45, 2.75) is 26.3 Å². The third-order valence-corrected chi connectivity index (χ3v) is 6.92. The summed E-state index contributed by atoms with van der Waals surface area (Å²) < 4.78 is 10.9. The molecule has 38 heavy (non-hydrogen) atoms. The quantitative estimate of drug-likeness (QED) is 0.280. The first-order valence-corrected chi connectivity index (χ1v) is 12.6. The van der Waals surface area contributed by atoms with Gasteiger partial charge in [-0.3, -0.25) is 9.89 Å². The number of aromatic amines is 1. The van der Waals surface area contributed by atoms with E-state index in [0.29, 0.717) is 36.5 Å². The Morgan fingerprint density at radius 1 is 1.08 bits per heavy atom. The molecule has 1 amide bonds. The SMILES string of the molecule is C=CCOc1ccc(C2c3c(-c4c(C)cc(C)cc4O)n[nH]c3C(=O)N2CCc2ccc(OC)cc2)cc1. The number of carbonyl (C=O) groups is 1. The van der Waals surface area contributed by atoms with Crippen LogP contribution in [0.2, 0.25) is 0 Å². The van der Waals surface area contributed by atoms with Crippen molar-refractivity contribution in [3.63, 3.8) is 0 Å². The molecule has 2 heterocycles. The van der Waals surface area contributed by atoms with Gasteiger partial charge in [0.2, 0.25) is 0 Å². The number of H-pyrrole nitrogens is 1. The van der Waals surface area contributed by atoms with E-state index in [1.54, 1.807) is 19.3 Å². The summed E-state index contributed by atoms with van der Waals surface area (Å²) in [5.74, 6) is 1.55. The number of benzene rings is 3. The van der Waals surface area contributed by atoms with Gasteiger partial charge in [0.1, 0.15) is 35.2 Å². The van der Waals surface area contributed by atoms with Crippen molar-refractivity contribution in [1.29, 1.82) is 0 Å². The Morgan fingerprint density at radius 2 is 1.79 bits per heavy atom. The molecule has 0 spiro atoms. The largest absolute Gasteiger partial charge is 0.507 e. The van der Waals surface area contributed by atoms with E-state index in [-0.39, 0.29) is 17.7 Å². The summed E-state index contributed by atoms with van der Waals surface area (Å²) in [6.07, 6.45) is 2.37. The maximum atomic E-state index is 13.7. The third kappa shape index (κ3) is 4.63. The minimum absolute atomic E-state index is 0.117. The van der Waals surface area contributed by atoms with E-state index in [4.69, 9.17) is 9.47 Å². The first-order chi connectivity index (χ1) is 18.4. The van der Waals surface area contributed by atoms with E-state index < -0.39 is 0 Å². The van der Waals surface area contributed by atoms with Gasteiger partial charge in [-0.2, -0.15) is 5.10 Å². The van der Waals surface area contributed by atoms with Crippen molar-refractivity contribution in [1.82, 2.24) is 15.1 Å². The van der Waals surface area contributed by atoms with Crippen LogP contribution in [0.25, 0.3) is 11.3 Å². The number of hydrogen-bond acceptors (Lipinski definition) is 5. The Hall–Kier alpha value is -4.52. The predicted octanol–water partition coefficient (Wildman–Crippen LogP) is 5.76. The molecular weight excluding hydrogens is 478 g/mol. The number of carbonyl (C=O) groups excluding carboxylic acids is 1. The molecule has 4 aromatic rings. The van der Waals surface area contributed by atoms with Crippen molar-refractivity contribution >= 4 is 5.91 Å². The summed E-state index contributed by atoms with van der Waals surface area (Å²) in [5.41, 5.74) is 6.34. The topological polar surface area (TPSA) is 87.7 Å². The molecule has 7 heteroatoms. The van der Waals surface area contributed by atoms with Gasteiger partial charge in [-0.05, 0) is 72.9 Å². The molecule has 0 saturated carbocycles. The molecule has 3 aromatic carbocycles. The van der Waals surface area contributed by atoms with Crippen LogP contribution in [-0.2, 0) is 6.42 Å². The number of phenols is 1. The predicted molar refractivity (Wildman–Crippen MR) is 147 cm³/mol. The number of aromatic nitrogens is 2. The minimum atomic E-state index is -0.377. The number of aryl methyl sites for hydroxylation is 2. The zero-order valence-corrected chi connectivity index (χ0v) is 21.8. The van der Waals surface area contributed by atoms with Gasteiger partial charge >= 0.3 is 0 Å². The highest BCUT2D eigenvalue weighted by molar-refractivity contribution is 6.00. The molecular formula is C31H31N3O4. The third-order valence-electron chi connectivity index (χ3n) is 6.92. The van der Waals surface area contributed by atoms with E-state index in [9.17, 15) is 9.90 Å². The fourth-order valence-electron chi connectivity index (χ4n) is 5.16. The Bertz CT molecular complexity index is 1450. The molecule has 1 aliphatic heterocycles. The van der Waals surface area contributed by atoms with E-state index in [2.05, 4.69) is 16.8 Å². The highest BCUT2D eigenvalue weighted by atomic mass is 16.5. The number of fused-ring (bicyclic) bond motifs is 1. The molecule has 0 saturated heterocycles. The average molecular weight is 510 g/mol. The van der Waals surface area contributed by atoms with Crippen LogP contribution in [0.4, 0.5) is 0 Å². The summed E-state index contributed by atoms with van der Waals surface area (Å²) in [4.78, 5) is 15.6. The van der Waals surface area contributed by atoms with Crippen LogP contribution in [-0.4, -0.2) is 46.4 Å². The average Bonchev–Trinajstić information content (AvgIpc) is 3.45. The van der Waals surface area contributed by atoms with Crippen LogP contribution in [0.15, 0.2) is 73.3 Å². The van der Waals surface area contributed by atoms with Crippen molar-refractivity contribution in [3.8, 4) is 28.5 Å². The van der Waals surface area contributed by atoms with Gasteiger partial charge in [0.25, 0.3) is 5.91 Å². The van der Waals surface area contributed by atoms with Crippen LogP contribution in [0.5, 0.6) is 17.2 Å². The number of hydrogen-bond donors (Lipinski definition) is 2. The first-order valence-electron chi connectivity index (χ1n) is 12.6. The van der Waals surface area contributed by atoms with E-state index in [1.807, 2.05) is 73.3 Å². The monoisotopic (exact) mass is 509 g/mol. The smallest absolute Gasteiger partial charge is 0.273 e. The molecule has 0 bridgehead atoms. The highest BCUT2D eigenvalue weighted by Gasteiger charge is 2.42. The summed E-state index contributed by atoms with van der Waals surface area (Å²) in [6.45, 7) is 8.50. The Balaban J connectivity index is 1.56. The fourth-order valence-corrected chi connectivity index (χ4v) is 5.16. The molecule has 5 rings (SSSR count). The lowest BCUT2D eigenvalue weighted by atomic mass is 9.93. The van der Waals surface area contributed by atoms with Gasteiger partial charge < -0.3 is 19.5 Å². The molecule has 1 unspecified atom stereocenters. The number of nitrogens with zero attached hydrogens (tertiary/aromatic N) is 2. The molecule has 2 N–H and O–H groups in total. The van der Waals surface area contributed by atoms with Gasteiger partial charge in [-0.25, -0.2) is 0 Å². The maximum absolute atomic E-state index is 13.7. The van der Waals surface area contributed by atoms with Crippen molar-refractivity contribution < 1.29 is 19.4 Å². The number of phenolic OH excluding ortho intramolecular Hbond substituents is 1. The molecule has 1 aliphatic rings. The highest BCUT2D eigenvalue weighted by Crippen LogP contribution is 2.45. The first kappa shape index (κ1) is 25.1. The second-order valence-corrected chi connectivity index (χ2v) is 9.50. The van der Waals surface area contributed by atoms with Gasteiger partial charge in [0, 0.05) is 17.7 Å². The number of rotatable bonds is 9. The Labute approximate surface area is 222 Å². The number of amides is 1. The van der Waals surface area contributed by atoms with Gasteiger partial charge in [0.15, 0.2) is 0 Å². The maximum Gasteiger partial charge on any atom is 0.273 e. The molecule has 0 radical (unpaired) electrons. The van der Waals surface area contributed by atoms with Crippen LogP contribution in [0.1, 0.15) is 44.3 Å². The van der Waals surface area contributed by atoms with E-state index >= 15 is 0 Å². The fraction of sp³-hybridized carbons (Fsp3) is 0.226. The number of methoxy groups -OCH3 is 1. The van der Waals surface area contributed by atoms with E-state index in [1.165, 1.54) is 0 Å². The molecule has 0 aliphatic carbocycles. The minimum Gasteiger partial charge on any atom is -0.507 e. The zero-order chi connectivity index (χ0) is 26.8. The van der Waals surface area contributed by atoms with Crippen molar-refractivity contribution in [3.05, 3.63) is 107 Å². The second kappa shape index (κ2) is 10.5. The number of aromatic hydroxyl groups is 1. The van der Waals surface area contributed by atoms with E-state index in [0.717, 1.165) is 39.3 Å². The van der Waals surface area contributed by atoms with Crippen LogP contribution < -0.4 is 9.47 Å². The lowest BCUT2D eigenvalue weighted by molar-refractivity contribution is 0.0746. The molecule has 1 aromatic heterocycles. The molecule has 1 atom stereocenters. The Kier molecular flexibility index (Phi) is 6.92. The van der Waals surface area contributed by atoms with Crippen LogP contribution in [0.3, 0.4) is 0 Å². The zero-order valence-electron chi connectivity index (χ0n) is 21.8. The lowest BCUT2D eigenvalue weighted by Gasteiger charge is -2.27. The van der Waals surface area contributed by atoms with Crippen molar-refractivity contribution in [2.75, 3.05) is 20.3 Å². The summed E-state index contributed by atoms with van der Waals surface area (Å²) in [5, 5.41) is 18.4. The number of nitrogens with one attached hydrogen (secondary N) is 1. The summed E-state index contributed by atoms with van der Waals surface area (Å²) >= 11 is 0. The Morgan fingerprint density at radius 3 is 2.45 bits per heavy atom. The van der Waals surface area contributed by atoms with Gasteiger partial charge in [-0.1, -0.05) is 43.0 Å². The lowest BCUT2D eigenvalue weighted by Crippen LogP contribution is -2.31. The van der Waals surface area contributed by atoms with Gasteiger partial charge in [0.05, 0.1) is 13.2 Å². The standard InChI is InChI=1S/C31H31N3O4/c1-5-16-38-24-12-8-22(9-13-24)30-27-28(26-20(3)17-19(2)18-25(26)35)32-33-29(27)31(36)34(30)15-14-21-6-10-23(37-4)11-7-21/h5-13,17-18,30,35H,1,14-16H2,2-4H3,(H,32,33). The second-order valence-electron chi connectivity index (χ2n) is 9.50. The van der Waals surface area contributed by atoms with Crippen LogP contribution >= 0.6 is 0 Å². The summed E-state index contributed by atoms with van der Waals surface area (Å²) in [7, 11) is 1.64. The number of ether oxygens (including phenoxy) is 2. The summed E-state index contributed by atoms with van der Waals surface area (Å²) in [6, 6.07) is 19.0. The normalized spacial score (nSPS) is 14.4. The molecule has 194 valence electrons. The van der Waals surface area contributed by atoms with Gasteiger partial charge in [-0.15, -0.1) is 0 Å². The van der Waals surface area contributed by atoms with Crippen LogP contribution in [0, 0.1) is 13.8 Å².